The molecule has 0 spiro atoms. The van der Waals surface area contributed by atoms with Crippen LogP contribution in [0.2, 0.25) is 0 Å². The normalized spacial score (nSPS) is 13.1. The SMILES string of the molecule is CCC(C)N(C)CC(=O)c1ccc(C)s1. The van der Waals surface area contributed by atoms with E-state index < -0.39 is 0 Å². The van der Waals surface area contributed by atoms with E-state index >= 15 is 0 Å². The standard InChI is InChI=1S/C12H19NOS/c1-5-9(2)13(4)8-11(14)12-7-6-10(3)15-12/h6-7,9H,5,8H2,1-4H3. The van der Waals surface area contributed by atoms with Gasteiger partial charge in [-0.2, -0.15) is 0 Å². The lowest BCUT2D eigenvalue weighted by molar-refractivity contribution is 0.0927. The third-order valence-electron chi connectivity index (χ3n) is 2.75. The Morgan fingerprint density at radius 1 is 1.53 bits per heavy atom. The molecule has 2 nitrogen and oxygen atoms in total. The minimum Gasteiger partial charge on any atom is -0.296 e. The van der Waals surface area contributed by atoms with E-state index in [1.807, 2.05) is 26.1 Å². The fourth-order valence-corrected chi connectivity index (χ4v) is 2.15. The first kappa shape index (κ1) is 12.4. The van der Waals surface area contributed by atoms with Crippen LogP contribution in [-0.4, -0.2) is 30.3 Å². The van der Waals surface area contributed by atoms with Crippen molar-refractivity contribution < 1.29 is 4.79 Å². The second-order valence-corrected chi connectivity index (χ2v) is 5.29. The number of aryl methyl sites for hydroxylation is 1. The molecular weight excluding hydrogens is 206 g/mol. The molecule has 0 amide bonds. The largest absolute Gasteiger partial charge is 0.296 e. The summed E-state index contributed by atoms with van der Waals surface area (Å²) in [5.41, 5.74) is 0. The highest BCUT2D eigenvalue weighted by molar-refractivity contribution is 7.14. The lowest BCUT2D eigenvalue weighted by atomic mass is 10.2. The Bertz CT molecular complexity index is 332. The maximum absolute atomic E-state index is 11.9. The Hall–Kier alpha value is -0.670. The fourth-order valence-electron chi connectivity index (χ4n) is 1.36. The lowest BCUT2D eigenvalue weighted by Crippen LogP contribution is -2.33. The summed E-state index contributed by atoms with van der Waals surface area (Å²) in [5, 5.41) is 0. The van der Waals surface area contributed by atoms with Crippen molar-refractivity contribution in [3.05, 3.63) is 21.9 Å². The van der Waals surface area contributed by atoms with E-state index in [2.05, 4.69) is 18.7 Å². The molecule has 15 heavy (non-hydrogen) atoms. The summed E-state index contributed by atoms with van der Waals surface area (Å²) in [6, 6.07) is 4.39. The predicted molar refractivity (Wildman–Crippen MR) is 65.8 cm³/mol. The Morgan fingerprint density at radius 3 is 2.67 bits per heavy atom. The highest BCUT2D eigenvalue weighted by atomic mass is 32.1. The van der Waals surface area contributed by atoms with E-state index in [4.69, 9.17) is 0 Å². The summed E-state index contributed by atoms with van der Waals surface area (Å²) in [7, 11) is 2.01. The Kier molecular flexibility index (Phi) is 4.48. The molecule has 1 aromatic heterocycles. The van der Waals surface area contributed by atoms with Gasteiger partial charge in [-0.05, 0) is 39.4 Å². The molecule has 0 saturated heterocycles. The minimum atomic E-state index is 0.232. The van der Waals surface area contributed by atoms with E-state index in [1.165, 1.54) is 4.88 Å². The number of hydrogen-bond donors (Lipinski definition) is 0. The minimum absolute atomic E-state index is 0.232. The number of rotatable bonds is 5. The van der Waals surface area contributed by atoms with Crippen LogP contribution >= 0.6 is 11.3 Å². The Morgan fingerprint density at radius 2 is 2.20 bits per heavy atom. The molecule has 1 heterocycles. The van der Waals surface area contributed by atoms with Crippen molar-refractivity contribution in [2.75, 3.05) is 13.6 Å². The molecular formula is C12H19NOS. The Labute approximate surface area is 95.9 Å². The van der Waals surface area contributed by atoms with Crippen molar-refractivity contribution in [1.82, 2.24) is 4.90 Å². The molecule has 0 aromatic carbocycles. The number of ketones is 1. The van der Waals surface area contributed by atoms with Gasteiger partial charge in [-0.1, -0.05) is 6.92 Å². The molecule has 84 valence electrons. The van der Waals surface area contributed by atoms with Crippen LogP contribution in [0.5, 0.6) is 0 Å². The molecule has 0 saturated carbocycles. The zero-order chi connectivity index (χ0) is 11.4. The van der Waals surface area contributed by atoms with E-state index in [0.29, 0.717) is 12.6 Å². The number of thiophene rings is 1. The van der Waals surface area contributed by atoms with Crippen molar-refractivity contribution in [2.24, 2.45) is 0 Å². The number of likely N-dealkylation sites (N-methyl/N-ethyl adjacent to an activating group) is 1. The van der Waals surface area contributed by atoms with Gasteiger partial charge in [0.25, 0.3) is 0 Å². The van der Waals surface area contributed by atoms with Crippen LogP contribution in [-0.2, 0) is 0 Å². The molecule has 0 N–H and O–H groups in total. The number of carbonyl (C=O) groups excluding carboxylic acids is 1. The van der Waals surface area contributed by atoms with Crippen molar-refractivity contribution >= 4 is 17.1 Å². The lowest BCUT2D eigenvalue weighted by Gasteiger charge is -2.22. The summed E-state index contributed by atoms with van der Waals surface area (Å²) in [5.74, 6) is 0.232. The quantitative estimate of drug-likeness (QED) is 0.718. The molecule has 0 bridgehead atoms. The van der Waals surface area contributed by atoms with Gasteiger partial charge in [-0.15, -0.1) is 11.3 Å². The molecule has 0 radical (unpaired) electrons. The Balaban J connectivity index is 2.56. The van der Waals surface area contributed by atoms with Gasteiger partial charge in [0, 0.05) is 10.9 Å². The van der Waals surface area contributed by atoms with Gasteiger partial charge in [0.15, 0.2) is 5.78 Å². The van der Waals surface area contributed by atoms with Crippen LogP contribution in [0.15, 0.2) is 12.1 Å². The van der Waals surface area contributed by atoms with E-state index in [9.17, 15) is 4.79 Å². The third-order valence-corrected chi connectivity index (χ3v) is 3.79. The zero-order valence-corrected chi connectivity index (χ0v) is 10.7. The van der Waals surface area contributed by atoms with Crippen LogP contribution in [0.4, 0.5) is 0 Å². The van der Waals surface area contributed by atoms with E-state index in [0.717, 1.165) is 11.3 Å². The van der Waals surface area contributed by atoms with Crippen LogP contribution in [0.3, 0.4) is 0 Å². The second-order valence-electron chi connectivity index (χ2n) is 4.01. The summed E-state index contributed by atoms with van der Waals surface area (Å²) >= 11 is 1.58. The molecule has 1 aromatic rings. The van der Waals surface area contributed by atoms with Gasteiger partial charge in [-0.3, -0.25) is 9.69 Å². The molecule has 3 heteroatoms. The van der Waals surface area contributed by atoms with Crippen LogP contribution in [0.1, 0.15) is 34.8 Å². The van der Waals surface area contributed by atoms with Crippen LogP contribution in [0.25, 0.3) is 0 Å². The number of Topliss-reactive ketones (excluding diaryl/α,β-unsaturated/α-hetero) is 1. The van der Waals surface area contributed by atoms with Gasteiger partial charge in [0.05, 0.1) is 11.4 Å². The van der Waals surface area contributed by atoms with E-state index in [1.54, 1.807) is 11.3 Å². The van der Waals surface area contributed by atoms with Gasteiger partial charge < -0.3 is 0 Å². The molecule has 0 aliphatic rings. The third kappa shape index (κ3) is 3.43. The molecule has 1 atom stereocenters. The molecule has 1 rings (SSSR count). The van der Waals surface area contributed by atoms with Gasteiger partial charge in [0.2, 0.25) is 0 Å². The van der Waals surface area contributed by atoms with Crippen molar-refractivity contribution in [3.8, 4) is 0 Å². The predicted octanol–water partition coefficient (Wildman–Crippen LogP) is 2.97. The smallest absolute Gasteiger partial charge is 0.186 e. The maximum Gasteiger partial charge on any atom is 0.186 e. The van der Waals surface area contributed by atoms with E-state index in [-0.39, 0.29) is 5.78 Å². The fraction of sp³-hybridized carbons (Fsp3) is 0.583. The first-order chi connectivity index (χ1) is 7.04. The summed E-state index contributed by atoms with van der Waals surface area (Å²) in [6.45, 7) is 6.84. The summed E-state index contributed by atoms with van der Waals surface area (Å²) in [6.07, 6.45) is 1.08. The number of carbonyl (C=O) groups is 1. The zero-order valence-electron chi connectivity index (χ0n) is 9.91. The maximum atomic E-state index is 11.9. The highest BCUT2D eigenvalue weighted by Gasteiger charge is 2.14. The van der Waals surface area contributed by atoms with Gasteiger partial charge in [-0.25, -0.2) is 0 Å². The monoisotopic (exact) mass is 225 g/mol. The van der Waals surface area contributed by atoms with Gasteiger partial charge >= 0.3 is 0 Å². The van der Waals surface area contributed by atoms with Gasteiger partial charge in [0.1, 0.15) is 0 Å². The van der Waals surface area contributed by atoms with Crippen molar-refractivity contribution in [3.63, 3.8) is 0 Å². The average molecular weight is 225 g/mol. The summed E-state index contributed by atoms with van der Waals surface area (Å²) in [4.78, 5) is 16.0. The number of hydrogen-bond acceptors (Lipinski definition) is 3. The summed E-state index contributed by atoms with van der Waals surface area (Å²) < 4.78 is 0. The van der Waals surface area contributed by atoms with Crippen LogP contribution < -0.4 is 0 Å². The second kappa shape index (κ2) is 5.42. The van der Waals surface area contributed by atoms with Crippen LogP contribution in [0, 0.1) is 6.92 Å². The average Bonchev–Trinajstić information content (AvgIpc) is 2.63. The van der Waals surface area contributed by atoms with Crippen molar-refractivity contribution in [2.45, 2.75) is 33.2 Å². The first-order valence-electron chi connectivity index (χ1n) is 5.34. The highest BCUT2D eigenvalue weighted by Crippen LogP contribution is 2.16. The number of nitrogens with zero attached hydrogens (tertiary/aromatic N) is 1. The topological polar surface area (TPSA) is 20.3 Å². The first-order valence-corrected chi connectivity index (χ1v) is 6.16. The molecule has 0 fully saturated rings. The molecule has 1 unspecified atom stereocenters. The molecule has 0 aliphatic heterocycles. The molecule has 0 aliphatic carbocycles. The van der Waals surface area contributed by atoms with Crippen molar-refractivity contribution in [1.29, 1.82) is 0 Å².